The van der Waals surface area contributed by atoms with Crippen LogP contribution in [0.1, 0.15) is 6.42 Å². The van der Waals surface area contributed by atoms with Crippen molar-refractivity contribution in [1.29, 1.82) is 0 Å². The highest BCUT2D eigenvalue weighted by atomic mass is 32.1. The van der Waals surface area contributed by atoms with Gasteiger partial charge in [-0.05, 0) is 12.1 Å². The van der Waals surface area contributed by atoms with Gasteiger partial charge in [-0.3, -0.25) is 4.40 Å². The summed E-state index contributed by atoms with van der Waals surface area (Å²) in [6, 6.07) is 9.96. The Morgan fingerprint density at radius 1 is 1.29 bits per heavy atom. The van der Waals surface area contributed by atoms with Crippen LogP contribution in [0.25, 0.3) is 5.65 Å². The predicted octanol–water partition coefficient (Wildman–Crippen LogP) is 1.94. The van der Waals surface area contributed by atoms with Gasteiger partial charge in [-0.25, -0.2) is 4.98 Å². The molecule has 1 aromatic carbocycles. The maximum Gasteiger partial charge on any atom is 0.204 e. The smallest absolute Gasteiger partial charge is 0.204 e. The number of rotatable bonds is 5. The molecule has 2 heterocycles. The molecule has 0 bridgehead atoms. The minimum absolute atomic E-state index is 0.476. The van der Waals surface area contributed by atoms with Gasteiger partial charge in [0.25, 0.3) is 0 Å². The van der Waals surface area contributed by atoms with Crippen LogP contribution in [-0.2, 0) is 0 Å². The summed E-state index contributed by atoms with van der Waals surface area (Å²) in [7, 11) is 0. The van der Waals surface area contributed by atoms with Crippen molar-refractivity contribution in [2.75, 3.05) is 11.4 Å². The van der Waals surface area contributed by atoms with Crippen LogP contribution in [0.4, 0.5) is 11.5 Å². The molecule has 106 valence electrons. The number of nitrogens with two attached hydrogens (primary N) is 1. The van der Waals surface area contributed by atoms with Crippen molar-refractivity contribution in [1.82, 2.24) is 19.6 Å². The zero-order valence-corrected chi connectivity index (χ0v) is 12.1. The third-order valence-electron chi connectivity index (χ3n) is 3.10. The van der Waals surface area contributed by atoms with E-state index in [1.165, 1.54) is 0 Å². The zero-order valence-electron chi connectivity index (χ0n) is 11.3. The van der Waals surface area contributed by atoms with Crippen LogP contribution < -0.4 is 10.6 Å². The number of para-hydroxylation sites is 1. The van der Waals surface area contributed by atoms with Gasteiger partial charge in [0.2, 0.25) is 5.65 Å². The molecular formula is C14H14N6S. The first kappa shape index (κ1) is 13.4. The van der Waals surface area contributed by atoms with Gasteiger partial charge < -0.3 is 10.6 Å². The molecule has 7 heteroatoms. The van der Waals surface area contributed by atoms with Crippen molar-refractivity contribution in [2.24, 2.45) is 5.73 Å². The normalized spacial score (nSPS) is 10.7. The molecule has 0 aliphatic heterocycles. The Bertz CT molecular complexity index is 754. The highest BCUT2D eigenvalue weighted by Crippen LogP contribution is 2.26. The number of aromatic nitrogens is 4. The number of nitrogens with zero attached hydrogens (tertiary/aromatic N) is 5. The molecule has 6 nitrogen and oxygen atoms in total. The summed E-state index contributed by atoms with van der Waals surface area (Å²) in [6.07, 6.45) is 5.79. The summed E-state index contributed by atoms with van der Waals surface area (Å²) in [4.78, 5) is 6.97. The maximum absolute atomic E-state index is 5.64. The summed E-state index contributed by atoms with van der Waals surface area (Å²) in [6.45, 7) is 0.638. The van der Waals surface area contributed by atoms with E-state index in [0.717, 1.165) is 11.5 Å². The summed E-state index contributed by atoms with van der Waals surface area (Å²) in [5, 5.41) is 8.07. The van der Waals surface area contributed by atoms with E-state index in [9.17, 15) is 0 Å². The van der Waals surface area contributed by atoms with E-state index in [1.807, 2.05) is 45.8 Å². The summed E-state index contributed by atoms with van der Waals surface area (Å²) >= 11 is 4.99. The van der Waals surface area contributed by atoms with E-state index in [0.29, 0.717) is 23.6 Å². The monoisotopic (exact) mass is 298 g/mol. The number of hydrogen-bond acceptors (Lipinski definition) is 5. The van der Waals surface area contributed by atoms with E-state index in [4.69, 9.17) is 18.0 Å². The second kappa shape index (κ2) is 5.84. The lowest BCUT2D eigenvalue weighted by atomic mass is 10.2. The highest BCUT2D eigenvalue weighted by Gasteiger charge is 2.15. The van der Waals surface area contributed by atoms with Crippen molar-refractivity contribution in [2.45, 2.75) is 6.42 Å². The largest absolute Gasteiger partial charge is 0.393 e. The van der Waals surface area contributed by atoms with Crippen LogP contribution in [0, 0.1) is 0 Å². The lowest BCUT2D eigenvalue weighted by molar-refractivity contribution is 0.935. The van der Waals surface area contributed by atoms with Gasteiger partial charge in [-0.1, -0.05) is 30.4 Å². The molecule has 0 atom stereocenters. The average Bonchev–Trinajstić information content (AvgIpc) is 2.97. The molecule has 0 aliphatic carbocycles. The van der Waals surface area contributed by atoms with Gasteiger partial charge in [0.15, 0.2) is 5.82 Å². The minimum Gasteiger partial charge on any atom is -0.393 e. The third-order valence-corrected chi connectivity index (χ3v) is 3.31. The summed E-state index contributed by atoms with van der Waals surface area (Å²) in [5.74, 6) is 0.734. The van der Waals surface area contributed by atoms with Gasteiger partial charge in [0.05, 0.1) is 4.99 Å². The molecule has 0 spiro atoms. The van der Waals surface area contributed by atoms with Crippen LogP contribution in [-0.4, -0.2) is 31.1 Å². The van der Waals surface area contributed by atoms with E-state index in [-0.39, 0.29) is 0 Å². The Morgan fingerprint density at radius 3 is 2.86 bits per heavy atom. The second-order valence-electron chi connectivity index (χ2n) is 4.52. The molecule has 0 aliphatic rings. The molecule has 0 unspecified atom stereocenters. The fourth-order valence-electron chi connectivity index (χ4n) is 2.12. The first-order valence-electron chi connectivity index (χ1n) is 6.51. The molecule has 0 radical (unpaired) electrons. The Kier molecular flexibility index (Phi) is 3.74. The standard InChI is InChI=1S/C14H14N6S/c15-12(21)6-8-20(11-4-2-1-3-5-11)13-14-18-17-10-19(14)9-7-16-13/h1-5,7,9-10H,6,8H2,(H2,15,21). The van der Waals surface area contributed by atoms with E-state index >= 15 is 0 Å². The maximum atomic E-state index is 5.64. The molecular weight excluding hydrogens is 284 g/mol. The van der Waals surface area contributed by atoms with Crippen LogP contribution in [0.15, 0.2) is 49.1 Å². The topological polar surface area (TPSA) is 72.3 Å². The van der Waals surface area contributed by atoms with Crippen LogP contribution in [0.3, 0.4) is 0 Å². The molecule has 2 N–H and O–H groups in total. The highest BCUT2D eigenvalue weighted by molar-refractivity contribution is 7.80. The quantitative estimate of drug-likeness (QED) is 0.726. The average molecular weight is 298 g/mol. The molecule has 0 saturated heterocycles. The molecule has 0 fully saturated rings. The SMILES string of the molecule is NC(=S)CCN(c1ccccc1)c1nccn2cnnc12. The summed E-state index contributed by atoms with van der Waals surface area (Å²) in [5.41, 5.74) is 7.35. The first-order valence-corrected chi connectivity index (χ1v) is 6.92. The lowest BCUT2D eigenvalue weighted by Crippen LogP contribution is -2.24. The van der Waals surface area contributed by atoms with Gasteiger partial charge in [0.1, 0.15) is 6.33 Å². The summed E-state index contributed by atoms with van der Waals surface area (Å²) < 4.78 is 1.83. The number of hydrogen-bond donors (Lipinski definition) is 1. The Balaban J connectivity index is 2.06. The lowest BCUT2D eigenvalue weighted by Gasteiger charge is -2.23. The van der Waals surface area contributed by atoms with Gasteiger partial charge in [-0.15, -0.1) is 10.2 Å². The van der Waals surface area contributed by atoms with Crippen molar-refractivity contribution in [3.63, 3.8) is 0 Å². The number of thiocarbonyl (C=S) groups is 1. The predicted molar refractivity (Wildman–Crippen MR) is 85.6 cm³/mol. The van der Waals surface area contributed by atoms with E-state index in [1.54, 1.807) is 12.5 Å². The van der Waals surface area contributed by atoms with Crippen molar-refractivity contribution < 1.29 is 0 Å². The number of fused-ring (bicyclic) bond motifs is 1. The van der Waals surface area contributed by atoms with Crippen LogP contribution in [0.2, 0.25) is 0 Å². The molecule has 0 amide bonds. The Morgan fingerprint density at radius 2 is 2.10 bits per heavy atom. The Labute approximate surface area is 127 Å². The second-order valence-corrected chi connectivity index (χ2v) is 5.04. The van der Waals surface area contributed by atoms with Gasteiger partial charge in [0, 0.05) is 31.0 Å². The van der Waals surface area contributed by atoms with E-state index in [2.05, 4.69) is 15.2 Å². The molecule has 3 rings (SSSR count). The van der Waals surface area contributed by atoms with E-state index < -0.39 is 0 Å². The third kappa shape index (κ3) is 2.82. The molecule has 21 heavy (non-hydrogen) atoms. The van der Waals surface area contributed by atoms with Crippen molar-refractivity contribution in [3.8, 4) is 0 Å². The number of anilines is 2. The van der Waals surface area contributed by atoms with Crippen LogP contribution in [0.5, 0.6) is 0 Å². The minimum atomic E-state index is 0.476. The zero-order chi connectivity index (χ0) is 14.7. The molecule has 0 saturated carbocycles. The van der Waals surface area contributed by atoms with Gasteiger partial charge in [-0.2, -0.15) is 0 Å². The van der Waals surface area contributed by atoms with Crippen molar-refractivity contribution in [3.05, 3.63) is 49.1 Å². The molecule has 3 aromatic rings. The van der Waals surface area contributed by atoms with Gasteiger partial charge >= 0.3 is 0 Å². The Hall–Kier alpha value is -2.54. The van der Waals surface area contributed by atoms with Crippen LogP contribution >= 0.6 is 12.2 Å². The fraction of sp³-hybridized carbons (Fsp3) is 0.143. The fourth-order valence-corrected chi connectivity index (χ4v) is 2.21. The first-order chi connectivity index (χ1) is 10.3. The van der Waals surface area contributed by atoms with Crippen molar-refractivity contribution >= 4 is 34.4 Å². The molecule has 2 aromatic heterocycles. The number of benzene rings is 1.